The van der Waals surface area contributed by atoms with E-state index in [2.05, 4.69) is 29.0 Å². The number of hydrogen-bond acceptors (Lipinski definition) is 7. The van der Waals surface area contributed by atoms with Crippen molar-refractivity contribution < 1.29 is 19.0 Å². The van der Waals surface area contributed by atoms with Crippen molar-refractivity contribution >= 4 is 11.6 Å². The second-order valence-corrected chi connectivity index (χ2v) is 12.0. The summed E-state index contributed by atoms with van der Waals surface area (Å²) in [5.74, 6) is 0.136. The molecule has 3 aliphatic rings. The van der Waals surface area contributed by atoms with Gasteiger partial charge in [-0.3, -0.25) is 14.5 Å². The highest BCUT2D eigenvalue weighted by Crippen LogP contribution is 2.39. The minimum atomic E-state index is -0.490. The second-order valence-electron chi connectivity index (χ2n) is 12.0. The number of nitrogens with zero attached hydrogens (tertiary/aromatic N) is 1. The Hall–Kier alpha value is -2.88. The van der Waals surface area contributed by atoms with Crippen molar-refractivity contribution in [1.82, 2.24) is 9.88 Å². The number of ether oxygens (including phenoxy) is 3. The number of nitrogens with two attached hydrogens (primary N) is 1. The Labute approximate surface area is 236 Å². The first kappa shape index (κ1) is 28.6. The zero-order valence-corrected chi connectivity index (χ0v) is 24.5. The van der Waals surface area contributed by atoms with Crippen LogP contribution >= 0.6 is 0 Å². The molecule has 0 bridgehead atoms. The molecule has 218 valence electrons. The molecule has 40 heavy (non-hydrogen) atoms. The number of rotatable bonds is 8. The highest BCUT2D eigenvalue weighted by Gasteiger charge is 2.39. The van der Waals surface area contributed by atoms with E-state index in [1.807, 2.05) is 26.8 Å². The Balaban J connectivity index is 1.48. The van der Waals surface area contributed by atoms with Gasteiger partial charge in [-0.1, -0.05) is 0 Å². The van der Waals surface area contributed by atoms with Gasteiger partial charge in [0.25, 0.3) is 5.56 Å². The molecule has 2 saturated heterocycles. The van der Waals surface area contributed by atoms with Crippen molar-refractivity contribution in [2.24, 2.45) is 5.73 Å². The number of hydrogen-bond donors (Lipinski definition) is 3. The molecule has 2 atom stereocenters. The van der Waals surface area contributed by atoms with Gasteiger partial charge in [-0.2, -0.15) is 0 Å². The largest absolute Gasteiger partial charge is 0.490 e. The van der Waals surface area contributed by atoms with E-state index in [0.29, 0.717) is 42.6 Å². The average Bonchev–Trinajstić information content (AvgIpc) is 2.85. The van der Waals surface area contributed by atoms with Crippen LogP contribution in [0.15, 0.2) is 16.9 Å². The Morgan fingerprint density at radius 2 is 1.77 bits per heavy atom. The van der Waals surface area contributed by atoms with E-state index < -0.39 is 5.91 Å². The van der Waals surface area contributed by atoms with Gasteiger partial charge in [-0.25, -0.2) is 0 Å². The van der Waals surface area contributed by atoms with Gasteiger partial charge in [0.05, 0.1) is 12.2 Å². The van der Waals surface area contributed by atoms with Gasteiger partial charge in [0.1, 0.15) is 11.9 Å². The lowest BCUT2D eigenvalue weighted by atomic mass is 9.86. The Morgan fingerprint density at radius 3 is 2.40 bits per heavy atom. The molecule has 1 aromatic heterocycles. The summed E-state index contributed by atoms with van der Waals surface area (Å²) in [6, 6.07) is 4.42. The first-order valence-electron chi connectivity index (χ1n) is 14.6. The minimum absolute atomic E-state index is 0.0222. The van der Waals surface area contributed by atoms with Crippen LogP contribution < -0.4 is 21.3 Å². The third-order valence-electron chi connectivity index (χ3n) is 8.66. The topological polar surface area (TPSA) is 119 Å². The van der Waals surface area contributed by atoms with Gasteiger partial charge < -0.3 is 30.2 Å². The van der Waals surface area contributed by atoms with E-state index in [9.17, 15) is 9.59 Å². The summed E-state index contributed by atoms with van der Waals surface area (Å²) in [6.07, 6.45) is 4.39. The maximum absolute atomic E-state index is 13.1. The van der Waals surface area contributed by atoms with Crippen LogP contribution in [0, 0.1) is 20.8 Å². The minimum Gasteiger partial charge on any atom is -0.490 e. The number of amides is 1. The Kier molecular flexibility index (Phi) is 8.54. The van der Waals surface area contributed by atoms with E-state index in [4.69, 9.17) is 19.9 Å². The standard InChI is InChI=1S/C31H44N4O5/c1-17-10-18(2)33-31(37)25(17)13-27-28(40-24-11-23(12-24)35-15-19(3)39-20(4)16-35)14-26(30(32)36)21(5)29(27)34-22-6-8-38-9-7-22/h10,14,19-20,22-24,34H,6-9,11-13,15-16H2,1-5H3,(H2,32,36)(H,33,37)/t19-,20+,23-,24-. The summed E-state index contributed by atoms with van der Waals surface area (Å²) >= 11 is 0. The Bertz CT molecular complexity index is 1290. The molecule has 1 aliphatic carbocycles. The van der Waals surface area contributed by atoms with Crippen LogP contribution in [0.5, 0.6) is 5.75 Å². The lowest BCUT2D eigenvalue weighted by molar-refractivity contribution is -0.103. The summed E-state index contributed by atoms with van der Waals surface area (Å²) in [5.41, 5.74) is 11.2. The van der Waals surface area contributed by atoms with Crippen LogP contribution in [-0.4, -0.2) is 72.5 Å². The number of aromatic nitrogens is 1. The van der Waals surface area contributed by atoms with E-state index in [0.717, 1.165) is 66.8 Å². The number of carbonyl (C=O) groups excluding carboxylic acids is 1. The summed E-state index contributed by atoms with van der Waals surface area (Å²) in [5, 5.41) is 3.70. The molecule has 1 aromatic carbocycles. The van der Waals surface area contributed by atoms with E-state index in [1.54, 1.807) is 6.07 Å². The predicted octanol–water partition coefficient (Wildman–Crippen LogP) is 3.60. The zero-order chi connectivity index (χ0) is 28.6. The number of anilines is 1. The van der Waals surface area contributed by atoms with E-state index >= 15 is 0 Å². The summed E-state index contributed by atoms with van der Waals surface area (Å²) in [6.45, 7) is 13.3. The molecule has 0 spiro atoms. The number of nitrogens with one attached hydrogen (secondary N) is 2. The molecule has 9 heteroatoms. The van der Waals surface area contributed by atoms with Crippen molar-refractivity contribution in [1.29, 1.82) is 0 Å². The van der Waals surface area contributed by atoms with Crippen LogP contribution in [0.1, 0.15) is 77.8 Å². The van der Waals surface area contributed by atoms with E-state index in [-0.39, 0.29) is 29.9 Å². The predicted molar refractivity (Wildman–Crippen MR) is 156 cm³/mol. The van der Waals surface area contributed by atoms with E-state index in [1.165, 1.54) is 0 Å². The van der Waals surface area contributed by atoms with Gasteiger partial charge in [-0.05, 0) is 70.7 Å². The van der Waals surface area contributed by atoms with Crippen molar-refractivity contribution in [3.05, 3.63) is 56.0 Å². The van der Waals surface area contributed by atoms with Crippen LogP contribution in [0.2, 0.25) is 0 Å². The number of aromatic amines is 1. The number of aryl methyl sites for hydroxylation is 2. The second kappa shape index (κ2) is 11.9. The molecule has 3 fully saturated rings. The molecule has 5 rings (SSSR count). The van der Waals surface area contributed by atoms with Crippen LogP contribution in [0.25, 0.3) is 0 Å². The number of primary amides is 1. The molecule has 0 unspecified atom stereocenters. The lowest BCUT2D eigenvalue weighted by Crippen LogP contribution is -2.56. The summed E-state index contributed by atoms with van der Waals surface area (Å²) < 4.78 is 18.2. The van der Waals surface area contributed by atoms with Crippen molar-refractivity contribution in [2.45, 2.75) is 97.1 Å². The van der Waals surface area contributed by atoms with Gasteiger partial charge in [-0.15, -0.1) is 0 Å². The molecule has 1 amide bonds. The molecule has 3 heterocycles. The zero-order valence-electron chi connectivity index (χ0n) is 24.5. The van der Waals surface area contributed by atoms with Gasteiger partial charge >= 0.3 is 0 Å². The third kappa shape index (κ3) is 6.21. The fraction of sp³-hybridized carbons (Fsp3) is 0.613. The molecule has 1 saturated carbocycles. The number of H-pyrrole nitrogens is 1. The quantitative estimate of drug-likeness (QED) is 0.458. The highest BCUT2D eigenvalue weighted by molar-refractivity contribution is 5.97. The van der Waals surface area contributed by atoms with Crippen molar-refractivity contribution in [2.75, 3.05) is 31.6 Å². The molecule has 2 aromatic rings. The van der Waals surface area contributed by atoms with Crippen LogP contribution in [0.4, 0.5) is 5.69 Å². The van der Waals surface area contributed by atoms with Gasteiger partial charge in [0.2, 0.25) is 5.91 Å². The molecular formula is C31H44N4O5. The normalized spacial score (nSPS) is 25.8. The summed E-state index contributed by atoms with van der Waals surface area (Å²) in [4.78, 5) is 31.1. The monoisotopic (exact) mass is 552 g/mol. The van der Waals surface area contributed by atoms with Crippen LogP contribution in [-0.2, 0) is 15.9 Å². The first-order chi connectivity index (χ1) is 19.1. The number of carbonyl (C=O) groups is 1. The number of morpholine rings is 1. The van der Waals surface area contributed by atoms with Crippen molar-refractivity contribution in [3.8, 4) is 5.75 Å². The fourth-order valence-electron chi connectivity index (χ4n) is 6.49. The molecule has 9 nitrogen and oxygen atoms in total. The smallest absolute Gasteiger partial charge is 0.251 e. The maximum atomic E-state index is 13.1. The molecular weight excluding hydrogens is 508 g/mol. The molecule has 0 radical (unpaired) electrons. The summed E-state index contributed by atoms with van der Waals surface area (Å²) in [7, 11) is 0. The number of benzene rings is 1. The van der Waals surface area contributed by atoms with Crippen molar-refractivity contribution in [3.63, 3.8) is 0 Å². The van der Waals surface area contributed by atoms with Crippen LogP contribution in [0.3, 0.4) is 0 Å². The number of pyridine rings is 1. The lowest BCUT2D eigenvalue weighted by Gasteiger charge is -2.47. The molecule has 2 aliphatic heterocycles. The van der Waals surface area contributed by atoms with Gasteiger partial charge in [0.15, 0.2) is 0 Å². The Morgan fingerprint density at radius 1 is 1.10 bits per heavy atom. The molecule has 4 N–H and O–H groups in total. The SMILES string of the molecule is Cc1cc(C)c(Cc2c(O[C@H]3C[C@H](N4C[C@@H](C)O[C@@H](C)C4)C3)cc(C(N)=O)c(C)c2NC2CCOCC2)c(=O)[nH]1. The first-order valence-corrected chi connectivity index (χ1v) is 14.6. The third-order valence-corrected chi connectivity index (χ3v) is 8.66. The maximum Gasteiger partial charge on any atom is 0.251 e. The fourth-order valence-corrected chi connectivity index (χ4v) is 6.49. The highest BCUT2D eigenvalue weighted by atomic mass is 16.5. The van der Waals surface area contributed by atoms with Gasteiger partial charge in [0, 0.05) is 85.7 Å². The average molecular weight is 553 g/mol.